The summed E-state index contributed by atoms with van der Waals surface area (Å²) in [5.74, 6) is 3.57. The molecule has 1 saturated carbocycles. The average molecular weight is 268 g/mol. The summed E-state index contributed by atoms with van der Waals surface area (Å²) in [6, 6.07) is 0.753. The van der Waals surface area contributed by atoms with Crippen LogP contribution in [0.3, 0.4) is 0 Å². The van der Waals surface area contributed by atoms with E-state index in [-0.39, 0.29) is 0 Å². The zero-order valence-corrected chi connectivity index (χ0v) is 14.0. The van der Waals surface area contributed by atoms with Crippen molar-refractivity contribution >= 4 is 0 Å². The van der Waals surface area contributed by atoms with Crippen LogP contribution in [0.25, 0.3) is 0 Å². The standard InChI is InChI=1S/C18H37N/c1-6-15(5)11-18(12-17(7-2)14(3)4)19-13-16-9-8-10-16/h14-19H,6-13H2,1-5H3. The molecule has 0 aromatic rings. The molecule has 0 spiro atoms. The van der Waals surface area contributed by atoms with Crippen molar-refractivity contribution in [1.29, 1.82) is 0 Å². The van der Waals surface area contributed by atoms with E-state index in [2.05, 4.69) is 39.9 Å². The lowest BCUT2D eigenvalue weighted by Gasteiger charge is -2.32. The highest BCUT2D eigenvalue weighted by molar-refractivity contribution is 4.79. The monoisotopic (exact) mass is 267 g/mol. The molecule has 1 aliphatic rings. The Labute approximate surface area is 121 Å². The van der Waals surface area contributed by atoms with Crippen LogP contribution >= 0.6 is 0 Å². The Bertz CT molecular complexity index is 220. The lowest BCUT2D eigenvalue weighted by atomic mass is 9.82. The molecule has 0 radical (unpaired) electrons. The van der Waals surface area contributed by atoms with E-state index in [0.29, 0.717) is 0 Å². The maximum Gasteiger partial charge on any atom is 0.00724 e. The Balaban J connectivity index is 2.41. The lowest BCUT2D eigenvalue weighted by Crippen LogP contribution is -2.38. The van der Waals surface area contributed by atoms with E-state index in [9.17, 15) is 0 Å². The molecule has 1 aliphatic carbocycles. The van der Waals surface area contributed by atoms with Crippen LogP contribution in [0.5, 0.6) is 0 Å². The number of nitrogens with one attached hydrogen (secondary N) is 1. The van der Waals surface area contributed by atoms with Gasteiger partial charge in [0, 0.05) is 6.04 Å². The van der Waals surface area contributed by atoms with E-state index in [4.69, 9.17) is 0 Å². The quantitative estimate of drug-likeness (QED) is 0.570. The van der Waals surface area contributed by atoms with Crippen molar-refractivity contribution in [2.45, 2.75) is 85.6 Å². The van der Waals surface area contributed by atoms with Crippen molar-refractivity contribution in [2.75, 3.05) is 6.54 Å². The maximum atomic E-state index is 3.91. The van der Waals surface area contributed by atoms with E-state index in [1.807, 2.05) is 0 Å². The van der Waals surface area contributed by atoms with Crippen molar-refractivity contribution in [3.8, 4) is 0 Å². The predicted octanol–water partition coefficient (Wildman–Crippen LogP) is 5.25. The minimum Gasteiger partial charge on any atom is -0.314 e. The fraction of sp³-hybridized carbons (Fsp3) is 1.00. The summed E-state index contributed by atoms with van der Waals surface area (Å²) in [5, 5.41) is 3.91. The van der Waals surface area contributed by atoms with Gasteiger partial charge in [-0.2, -0.15) is 0 Å². The number of hydrogen-bond donors (Lipinski definition) is 1. The molecule has 1 fully saturated rings. The minimum absolute atomic E-state index is 0.753. The van der Waals surface area contributed by atoms with Gasteiger partial charge in [0.15, 0.2) is 0 Å². The summed E-state index contributed by atoms with van der Waals surface area (Å²) < 4.78 is 0. The Hall–Kier alpha value is -0.0400. The Kier molecular flexibility index (Phi) is 8.06. The smallest absolute Gasteiger partial charge is 0.00724 e. The fourth-order valence-electron chi connectivity index (χ4n) is 3.22. The predicted molar refractivity (Wildman–Crippen MR) is 86.4 cm³/mol. The molecule has 114 valence electrons. The van der Waals surface area contributed by atoms with Crippen molar-refractivity contribution < 1.29 is 0 Å². The van der Waals surface area contributed by atoms with Crippen LogP contribution in [0.2, 0.25) is 0 Å². The molecule has 0 aromatic carbocycles. The molecular formula is C18H37N. The number of hydrogen-bond acceptors (Lipinski definition) is 1. The molecular weight excluding hydrogens is 230 g/mol. The first-order valence-corrected chi connectivity index (χ1v) is 8.80. The normalized spacial score (nSPS) is 21.2. The molecule has 0 heterocycles. The van der Waals surface area contributed by atoms with Gasteiger partial charge in [-0.15, -0.1) is 0 Å². The van der Waals surface area contributed by atoms with Gasteiger partial charge in [0.2, 0.25) is 0 Å². The van der Waals surface area contributed by atoms with Crippen LogP contribution in [-0.2, 0) is 0 Å². The Morgan fingerprint density at radius 3 is 2.11 bits per heavy atom. The van der Waals surface area contributed by atoms with Crippen LogP contribution in [-0.4, -0.2) is 12.6 Å². The van der Waals surface area contributed by atoms with Gasteiger partial charge in [-0.25, -0.2) is 0 Å². The molecule has 1 rings (SSSR count). The van der Waals surface area contributed by atoms with E-state index in [0.717, 1.165) is 29.7 Å². The maximum absolute atomic E-state index is 3.91. The first kappa shape index (κ1) is 17.0. The summed E-state index contributed by atoms with van der Waals surface area (Å²) in [6.07, 6.45) is 9.79. The molecule has 1 heteroatoms. The first-order valence-electron chi connectivity index (χ1n) is 8.80. The van der Waals surface area contributed by atoms with Gasteiger partial charge >= 0.3 is 0 Å². The van der Waals surface area contributed by atoms with Gasteiger partial charge < -0.3 is 5.32 Å². The van der Waals surface area contributed by atoms with Crippen LogP contribution in [0, 0.1) is 23.7 Å². The van der Waals surface area contributed by atoms with Crippen molar-refractivity contribution in [2.24, 2.45) is 23.7 Å². The van der Waals surface area contributed by atoms with Crippen LogP contribution in [0.4, 0.5) is 0 Å². The van der Waals surface area contributed by atoms with Crippen molar-refractivity contribution in [3.63, 3.8) is 0 Å². The topological polar surface area (TPSA) is 12.0 Å². The van der Waals surface area contributed by atoms with Gasteiger partial charge in [0.1, 0.15) is 0 Å². The summed E-state index contributed by atoms with van der Waals surface area (Å²) >= 11 is 0. The lowest BCUT2D eigenvalue weighted by molar-refractivity contribution is 0.239. The van der Waals surface area contributed by atoms with Gasteiger partial charge in [0.25, 0.3) is 0 Å². The molecule has 1 N–H and O–H groups in total. The second-order valence-corrected chi connectivity index (χ2v) is 7.30. The molecule has 3 unspecified atom stereocenters. The van der Waals surface area contributed by atoms with E-state index in [1.165, 1.54) is 51.5 Å². The summed E-state index contributed by atoms with van der Waals surface area (Å²) in [5.41, 5.74) is 0. The highest BCUT2D eigenvalue weighted by Gasteiger charge is 2.22. The van der Waals surface area contributed by atoms with Crippen LogP contribution in [0.15, 0.2) is 0 Å². The fourth-order valence-corrected chi connectivity index (χ4v) is 3.22. The van der Waals surface area contributed by atoms with Gasteiger partial charge in [-0.05, 0) is 55.9 Å². The van der Waals surface area contributed by atoms with E-state index >= 15 is 0 Å². The molecule has 19 heavy (non-hydrogen) atoms. The minimum atomic E-state index is 0.753. The summed E-state index contributed by atoms with van der Waals surface area (Å²) in [7, 11) is 0. The van der Waals surface area contributed by atoms with Gasteiger partial charge in [-0.3, -0.25) is 0 Å². The SMILES string of the molecule is CCC(C)CC(CC(CC)C(C)C)NCC1CCC1. The average Bonchev–Trinajstić information content (AvgIpc) is 2.32. The van der Waals surface area contributed by atoms with Gasteiger partial charge in [0.05, 0.1) is 0 Å². The third-order valence-corrected chi connectivity index (χ3v) is 5.36. The summed E-state index contributed by atoms with van der Waals surface area (Å²) in [4.78, 5) is 0. The van der Waals surface area contributed by atoms with Gasteiger partial charge in [-0.1, -0.05) is 53.9 Å². The molecule has 0 aromatic heterocycles. The van der Waals surface area contributed by atoms with Crippen LogP contribution in [0.1, 0.15) is 79.6 Å². The Morgan fingerprint density at radius 2 is 1.68 bits per heavy atom. The second kappa shape index (κ2) is 9.00. The second-order valence-electron chi connectivity index (χ2n) is 7.30. The highest BCUT2D eigenvalue weighted by Crippen LogP contribution is 2.27. The number of rotatable bonds is 10. The van der Waals surface area contributed by atoms with Crippen molar-refractivity contribution in [1.82, 2.24) is 5.32 Å². The Morgan fingerprint density at radius 1 is 1.00 bits per heavy atom. The van der Waals surface area contributed by atoms with Crippen LogP contribution < -0.4 is 5.32 Å². The molecule has 0 saturated heterocycles. The molecule has 1 nitrogen and oxygen atoms in total. The summed E-state index contributed by atoms with van der Waals surface area (Å²) in [6.45, 7) is 13.1. The highest BCUT2D eigenvalue weighted by atomic mass is 14.9. The van der Waals surface area contributed by atoms with E-state index in [1.54, 1.807) is 0 Å². The van der Waals surface area contributed by atoms with Crippen molar-refractivity contribution in [3.05, 3.63) is 0 Å². The first-order chi connectivity index (χ1) is 9.06. The van der Waals surface area contributed by atoms with E-state index < -0.39 is 0 Å². The largest absolute Gasteiger partial charge is 0.314 e. The molecule has 0 amide bonds. The molecule has 0 aliphatic heterocycles. The molecule has 0 bridgehead atoms. The molecule has 3 atom stereocenters. The zero-order valence-electron chi connectivity index (χ0n) is 14.0. The third kappa shape index (κ3) is 6.29. The zero-order chi connectivity index (χ0) is 14.3. The third-order valence-electron chi connectivity index (χ3n) is 5.36.